The molecule has 0 spiro atoms. The first-order valence-corrected chi connectivity index (χ1v) is 11.6. The SMILES string of the molecule is CCOC(=O)C(NC(=O)OCC1c2ccccc2-c2ccccc21)C(=O)N[C@H](C(=O)O)C(C)CC. The van der Waals surface area contributed by atoms with E-state index in [-0.39, 0.29) is 19.1 Å². The second-order valence-electron chi connectivity index (χ2n) is 8.36. The molecular formula is C26H30N2O7. The van der Waals surface area contributed by atoms with Crippen molar-refractivity contribution in [2.45, 2.75) is 45.2 Å². The van der Waals surface area contributed by atoms with Gasteiger partial charge < -0.3 is 19.9 Å². The summed E-state index contributed by atoms with van der Waals surface area (Å²) >= 11 is 0. The van der Waals surface area contributed by atoms with Crippen molar-refractivity contribution in [2.24, 2.45) is 5.92 Å². The summed E-state index contributed by atoms with van der Waals surface area (Å²) in [4.78, 5) is 49.4. The highest BCUT2D eigenvalue weighted by Crippen LogP contribution is 2.44. The van der Waals surface area contributed by atoms with Crippen LogP contribution in [0.2, 0.25) is 0 Å². The average Bonchev–Trinajstić information content (AvgIpc) is 3.17. The van der Waals surface area contributed by atoms with Gasteiger partial charge in [0.05, 0.1) is 6.61 Å². The molecule has 0 fully saturated rings. The number of hydrogen-bond donors (Lipinski definition) is 3. The van der Waals surface area contributed by atoms with E-state index in [0.717, 1.165) is 22.3 Å². The van der Waals surface area contributed by atoms with Gasteiger partial charge in [-0.3, -0.25) is 10.1 Å². The minimum atomic E-state index is -1.75. The van der Waals surface area contributed by atoms with Gasteiger partial charge in [-0.15, -0.1) is 0 Å². The van der Waals surface area contributed by atoms with Gasteiger partial charge in [0.25, 0.3) is 5.91 Å². The topological polar surface area (TPSA) is 131 Å². The number of carboxylic acids is 1. The molecule has 0 saturated carbocycles. The maximum Gasteiger partial charge on any atom is 0.408 e. The van der Waals surface area contributed by atoms with Gasteiger partial charge in [-0.2, -0.15) is 0 Å². The number of carbonyl (C=O) groups excluding carboxylic acids is 3. The van der Waals surface area contributed by atoms with Crippen molar-refractivity contribution in [3.63, 3.8) is 0 Å². The zero-order valence-electron chi connectivity index (χ0n) is 19.9. The fourth-order valence-electron chi connectivity index (χ4n) is 4.13. The van der Waals surface area contributed by atoms with Crippen LogP contribution in [0, 0.1) is 5.92 Å². The molecule has 0 aromatic heterocycles. The highest BCUT2D eigenvalue weighted by molar-refractivity contribution is 6.05. The summed E-state index contributed by atoms with van der Waals surface area (Å²) in [5, 5.41) is 14.0. The molecule has 9 nitrogen and oxygen atoms in total. The monoisotopic (exact) mass is 482 g/mol. The zero-order chi connectivity index (χ0) is 25.5. The number of amides is 2. The fourth-order valence-corrected chi connectivity index (χ4v) is 4.13. The van der Waals surface area contributed by atoms with Crippen LogP contribution in [0.3, 0.4) is 0 Å². The molecule has 0 aliphatic heterocycles. The Bertz CT molecular complexity index is 1060. The van der Waals surface area contributed by atoms with E-state index in [1.54, 1.807) is 20.8 Å². The van der Waals surface area contributed by atoms with Crippen molar-refractivity contribution in [2.75, 3.05) is 13.2 Å². The minimum Gasteiger partial charge on any atom is -0.480 e. The smallest absolute Gasteiger partial charge is 0.408 e. The van der Waals surface area contributed by atoms with Crippen LogP contribution < -0.4 is 10.6 Å². The number of aliphatic carboxylic acids is 1. The molecule has 3 N–H and O–H groups in total. The van der Waals surface area contributed by atoms with E-state index in [4.69, 9.17) is 9.47 Å². The Morgan fingerprint density at radius 3 is 2.00 bits per heavy atom. The number of hydrogen-bond acceptors (Lipinski definition) is 6. The van der Waals surface area contributed by atoms with Crippen LogP contribution in [0.4, 0.5) is 4.79 Å². The Morgan fingerprint density at radius 1 is 0.914 bits per heavy atom. The van der Waals surface area contributed by atoms with E-state index in [1.165, 1.54) is 0 Å². The van der Waals surface area contributed by atoms with Gasteiger partial charge in [0.2, 0.25) is 6.04 Å². The first-order chi connectivity index (χ1) is 16.8. The van der Waals surface area contributed by atoms with Crippen LogP contribution in [0.5, 0.6) is 0 Å². The lowest BCUT2D eigenvalue weighted by Gasteiger charge is -2.23. The number of carboxylic acid groups (broad SMARTS) is 1. The van der Waals surface area contributed by atoms with E-state index in [1.807, 2.05) is 48.5 Å². The second-order valence-corrected chi connectivity index (χ2v) is 8.36. The van der Waals surface area contributed by atoms with E-state index in [9.17, 15) is 24.3 Å². The third-order valence-electron chi connectivity index (χ3n) is 6.17. The summed E-state index contributed by atoms with van der Waals surface area (Å²) in [5.74, 6) is -3.83. The summed E-state index contributed by atoms with van der Waals surface area (Å²) in [6.45, 7) is 4.96. The summed E-state index contributed by atoms with van der Waals surface area (Å²) < 4.78 is 10.3. The largest absolute Gasteiger partial charge is 0.480 e. The number of fused-ring (bicyclic) bond motifs is 3. The van der Waals surface area contributed by atoms with Crippen molar-refractivity contribution in [3.8, 4) is 11.1 Å². The molecule has 1 aliphatic rings. The average molecular weight is 483 g/mol. The number of carbonyl (C=O) groups is 4. The maximum absolute atomic E-state index is 12.8. The predicted octanol–water partition coefficient (Wildman–Crippen LogP) is 3.07. The summed E-state index contributed by atoms with van der Waals surface area (Å²) in [6, 6.07) is 12.7. The highest BCUT2D eigenvalue weighted by atomic mass is 16.6. The predicted molar refractivity (Wildman–Crippen MR) is 128 cm³/mol. The first-order valence-electron chi connectivity index (χ1n) is 11.6. The van der Waals surface area contributed by atoms with Crippen LogP contribution in [0.25, 0.3) is 11.1 Å². The summed E-state index contributed by atoms with van der Waals surface area (Å²) in [5.41, 5.74) is 4.15. The Kier molecular flexibility index (Phi) is 8.46. The molecule has 1 aliphatic carbocycles. The molecule has 186 valence electrons. The number of esters is 1. The van der Waals surface area contributed by atoms with Crippen LogP contribution in [0.15, 0.2) is 48.5 Å². The number of rotatable bonds is 10. The summed E-state index contributed by atoms with van der Waals surface area (Å²) in [6.07, 6.45) is -0.503. The Balaban J connectivity index is 1.71. The highest BCUT2D eigenvalue weighted by Gasteiger charge is 2.35. The number of alkyl carbamates (subject to hydrolysis) is 1. The molecule has 0 radical (unpaired) electrons. The molecule has 2 aromatic carbocycles. The van der Waals surface area contributed by atoms with Crippen LogP contribution in [-0.2, 0) is 23.9 Å². The van der Waals surface area contributed by atoms with Crippen molar-refractivity contribution in [1.29, 1.82) is 0 Å². The molecule has 3 atom stereocenters. The molecule has 0 heterocycles. The standard InChI is InChI=1S/C26H30N2O7/c1-4-15(3)21(24(30)31)27-23(29)22(25(32)34-5-2)28-26(33)35-14-20-18-12-8-6-10-16(18)17-11-7-9-13-19(17)20/h6-13,15,20-22H,4-5,14H2,1-3H3,(H,27,29)(H,28,33)(H,30,31)/t15?,21-,22?/m0/s1. The first kappa shape index (κ1) is 25.7. The molecule has 3 rings (SSSR count). The van der Waals surface area contributed by atoms with E-state index in [0.29, 0.717) is 6.42 Å². The van der Waals surface area contributed by atoms with Gasteiger partial charge >= 0.3 is 18.0 Å². The van der Waals surface area contributed by atoms with Crippen molar-refractivity contribution >= 4 is 23.9 Å². The van der Waals surface area contributed by atoms with Gasteiger partial charge in [0, 0.05) is 5.92 Å². The lowest BCUT2D eigenvalue weighted by Crippen LogP contribution is -2.56. The van der Waals surface area contributed by atoms with Gasteiger partial charge in [0.15, 0.2) is 0 Å². The second kappa shape index (κ2) is 11.5. The van der Waals surface area contributed by atoms with Crippen LogP contribution in [-0.4, -0.2) is 54.3 Å². The lowest BCUT2D eigenvalue weighted by atomic mass is 9.98. The Hall–Kier alpha value is -3.88. The van der Waals surface area contributed by atoms with Gasteiger partial charge in [0.1, 0.15) is 12.6 Å². The molecular weight excluding hydrogens is 452 g/mol. The van der Waals surface area contributed by atoms with Gasteiger partial charge in [-0.05, 0) is 35.1 Å². The number of nitrogens with one attached hydrogen (secondary N) is 2. The van der Waals surface area contributed by atoms with Crippen molar-refractivity contribution < 1.29 is 33.8 Å². The molecule has 2 amide bonds. The lowest BCUT2D eigenvalue weighted by molar-refractivity contribution is -0.151. The quantitative estimate of drug-likeness (QED) is 0.350. The maximum atomic E-state index is 12.8. The molecule has 35 heavy (non-hydrogen) atoms. The fraction of sp³-hybridized carbons (Fsp3) is 0.385. The van der Waals surface area contributed by atoms with Crippen molar-refractivity contribution in [3.05, 3.63) is 59.7 Å². The minimum absolute atomic E-state index is 0.0123. The van der Waals surface area contributed by atoms with E-state index >= 15 is 0 Å². The van der Waals surface area contributed by atoms with Crippen molar-refractivity contribution in [1.82, 2.24) is 10.6 Å². The molecule has 2 aromatic rings. The van der Waals surface area contributed by atoms with E-state index < -0.39 is 41.9 Å². The Morgan fingerprint density at radius 2 is 1.49 bits per heavy atom. The van der Waals surface area contributed by atoms with Gasteiger partial charge in [-0.25, -0.2) is 14.4 Å². The summed E-state index contributed by atoms with van der Waals surface area (Å²) in [7, 11) is 0. The third kappa shape index (κ3) is 5.79. The number of ether oxygens (including phenoxy) is 2. The molecule has 0 saturated heterocycles. The van der Waals surface area contributed by atoms with Gasteiger partial charge in [-0.1, -0.05) is 68.8 Å². The molecule has 0 bridgehead atoms. The number of benzene rings is 2. The normalized spacial score (nSPS) is 14.6. The Labute approximate surface area is 203 Å². The molecule has 9 heteroatoms. The zero-order valence-corrected chi connectivity index (χ0v) is 19.9. The molecule has 2 unspecified atom stereocenters. The third-order valence-corrected chi connectivity index (χ3v) is 6.17. The van der Waals surface area contributed by atoms with E-state index in [2.05, 4.69) is 10.6 Å². The van der Waals surface area contributed by atoms with Crippen LogP contribution >= 0.6 is 0 Å². The van der Waals surface area contributed by atoms with Crippen LogP contribution in [0.1, 0.15) is 44.2 Å².